The first-order chi connectivity index (χ1) is 12.7. The van der Waals surface area contributed by atoms with Crippen LogP contribution in [0, 0.1) is 0 Å². The van der Waals surface area contributed by atoms with Crippen molar-refractivity contribution in [3.63, 3.8) is 0 Å². The van der Waals surface area contributed by atoms with E-state index in [4.69, 9.17) is 10.8 Å². The van der Waals surface area contributed by atoms with Gasteiger partial charge in [-0.3, -0.25) is 19.2 Å². The van der Waals surface area contributed by atoms with E-state index in [1.807, 2.05) is 0 Å². The monoisotopic (exact) mass is 386 g/mol. The maximum Gasteiger partial charge on any atom is 0.326 e. The fourth-order valence-corrected chi connectivity index (χ4v) is 2.64. The number of carbonyl (C=O) groups is 5. The Morgan fingerprint density at radius 2 is 1.81 bits per heavy atom. The molecule has 0 aliphatic carbocycles. The molecule has 1 saturated heterocycles. The Kier molecular flexibility index (Phi) is 9.20. The van der Waals surface area contributed by atoms with Crippen molar-refractivity contribution < 1.29 is 34.2 Å². The van der Waals surface area contributed by atoms with Crippen molar-refractivity contribution in [2.45, 2.75) is 63.1 Å². The summed E-state index contributed by atoms with van der Waals surface area (Å²) < 4.78 is 0. The average molecular weight is 386 g/mol. The van der Waals surface area contributed by atoms with Crippen molar-refractivity contribution in [2.75, 3.05) is 6.54 Å². The Balaban J connectivity index is 2.73. The van der Waals surface area contributed by atoms with Crippen LogP contribution in [0.2, 0.25) is 0 Å². The smallest absolute Gasteiger partial charge is 0.326 e. The molecule has 0 aromatic carbocycles. The van der Waals surface area contributed by atoms with E-state index in [9.17, 15) is 29.1 Å². The summed E-state index contributed by atoms with van der Waals surface area (Å²) in [7, 11) is 0. The van der Waals surface area contributed by atoms with Gasteiger partial charge in [0.2, 0.25) is 17.7 Å². The third-order valence-corrected chi connectivity index (χ3v) is 4.15. The number of amides is 3. The first-order valence-corrected chi connectivity index (χ1v) is 8.79. The molecular formula is C16H26N4O7. The van der Waals surface area contributed by atoms with Crippen LogP contribution in [0.15, 0.2) is 0 Å². The Bertz CT molecular complexity index is 581. The van der Waals surface area contributed by atoms with Crippen LogP contribution >= 0.6 is 0 Å². The van der Waals surface area contributed by atoms with Crippen LogP contribution in [0.3, 0.4) is 0 Å². The molecule has 3 amide bonds. The number of carboxylic acids is 2. The van der Waals surface area contributed by atoms with E-state index in [1.165, 1.54) is 0 Å². The lowest BCUT2D eigenvalue weighted by molar-refractivity contribution is -0.143. The van der Waals surface area contributed by atoms with Gasteiger partial charge in [0.15, 0.2) is 0 Å². The van der Waals surface area contributed by atoms with Crippen molar-refractivity contribution in [3.05, 3.63) is 0 Å². The molecule has 0 spiro atoms. The second-order valence-corrected chi connectivity index (χ2v) is 6.34. The molecule has 27 heavy (non-hydrogen) atoms. The number of carboxylic acid groups (broad SMARTS) is 2. The van der Waals surface area contributed by atoms with E-state index in [0.717, 1.165) is 0 Å². The zero-order valence-electron chi connectivity index (χ0n) is 14.9. The molecule has 3 atom stereocenters. The largest absolute Gasteiger partial charge is 0.481 e. The van der Waals surface area contributed by atoms with Gasteiger partial charge in [-0.25, -0.2) is 4.79 Å². The topological polar surface area (TPSA) is 188 Å². The highest BCUT2D eigenvalue weighted by Crippen LogP contribution is 2.09. The number of unbranched alkanes of at least 4 members (excludes halogenated alkanes) is 1. The third-order valence-electron chi connectivity index (χ3n) is 4.15. The highest BCUT2D eigenvalue weighted by atomic mass is 16.4. The summed E-state index contributed by atoms with van der Waals surface area (Å²) in [5.74, 6) is -4.07. The molecule has 0 radical (unpaired) electrons. The van der Waals surface area contributed by atoms with Gasteiger partial charge in [0.1, 0.15) is 18.1 Å². The predicted octanol–water partition coefficient (Wildman–Crippen LogP) is -1.69. The van der Waals surface area contributed by atoms with Crippen LogP contribution in [0.5, 0.6) is 0 Å². The molecule has 11 heteroatoms. The first-order valence-electron chi connectivity index (χ1n) is 8.79. The van der Waals surface area contributed by atoms with E-state index in [0.29, 0.717) is 19.4 Å². The van der Waals surface area contributed by atoms with E-state index in [2.05, 4.69) is 16.0 Å². The molecule has 1 heterocycles. The molecular weight excluding hydrogens is 360 g/mol. The quantitative estimate of drug-likeness (QED) is 0.214. The van der Waals surface area contributed by atoms with Crippen molar-refractivity contribution >= 4 is 29.7 Å². The molecule has 1 aliphatic rings. The zero-order chi connectivity index (χ0) is 20.4. The molecule has 11 nitrogen and oxygen atoms in total. The lowest BCUT2D eigenvalue weighted by Crippen LogP contribution is -2.54. The normalized spacial score (nSPS) is 18.3. The summed E-state index contributed by atoms with van der Waals surface area (Å²) in [6.07, 6.45) is 1.12. The molecule has 0 aromatic heterocycles. The van der Waals surface area contributed by atoms with Crippen molar-refractivity contribution in [3.8, 4) is 0 Å². The molecule has 1 aliphatic heterocycles. The Labute approximate surface area is 156 Å². The lowest BCUT2D eigenvalue weighted by atomic mass is 10.1. The summed E-state index contributed by atoms with van der Waals surface area (Å²) in [6.45, 7) is 0.394. The number of nitrogens with one attached hydrogen (secondary N) is 3. The van der Waals surface area contributed by atoms with Crippen LogP contribution in [0.4, 0.5) is 0 Å². The number of nitrogens with two attached hydrogens (primary N) is 1. The summed E-state index contributed by atoms with van der Waals surface area (Å²) >= 11 is 0. The molecule has 1 rings (SSSR count). The maximum atomic E-state index is 12.4. The van der Waals surface area contributed by atoms with Gasteiger partial charge in [-0.05, 0) is 38.6 Å². The third kappa shape index (κ3) is 8.03. The van der Waals surface area contributed by atoms with Gasteiger partial charge in [-0.1, -0.05) is 0 Å². The molecule has 0 aromatic rings. The molecule has 1 fully saturated rings. The summed E-state index contributed by atoms with van der Waals surface area (Å²) in [6, 6.07) is -3.18. The lowest BCUT2D eigenvalue weighted by Gasteiger charge is -2.22. The van der Waals surface area contributed by atoms with Crippen LogP contribution < -0.4 is 21.7 Å². The van der Waals surface area contributed by atoms with Gasteiger partial charge < -0.3 is 31.9 Å². The molecule has 0 bridgehead atoms. The predicted molar refractivity (Wildman–Crippen MR) is 92.4 cm³/mol. The van der Waals surface area contributed by atoms with Gasteiger partial charge in [0.05, 0.1) is 0 Å². The fraction of sp³-hybridized carbons (Fsp3) is 0.688. The summed E-state index contributed by atoms with van der Waals surface area (Å²) in [4.78, 5) is 58.0. The van der Waals surface area contributed by atoms with Gasteiger partial charge in [0, 0.05) is 12.8 Å². The molecule has 152 valence electrons. The van der Waals surface area contributed by atoms with Gasteiger partial charge in [-0.15, -0.1) is 0 Å². The zero-order valence-corrected chi connectivity index (χ0v) is 14.9. The van der Waals surface area contributed by atoms with Gasteiger partial charge in [0.25, 0.3) is 0 Å². The van der Waals surface area contributed by atoms with Crippen molar-refractivity contribution in [1.82, 2.24) is 16.0 Å². The van der Waals surface area contributed by atoms with E-state index < -0.39 is 41.9 Å². The highest BCUT2D eigenvalue weighted by Gasteiger charge is 2.32. The van der Waals surface area contributed by atoms with Crippen LogP contribution in [-0.2, 0) is 24.0 Å². The highest BCUT2D eigenvalue weighted by molar-refractivity contribution is 5.95. The molecule has 3 unspecified atom stereocenters. The number of hydrogen-bond donors (Lipinski definition) is 6. The standard InChI is InChI=1S/C16H26N4O7/c17-8-2-1-3-11(16(26)27)20-15(25)10(5-7-13(22)23)19-14(24)9-4-6-12(21)18-9/h9-11H,1-8,17H2,(H,18,21)(H,19,24)(H,20,25)(H,22,23)(H,26,27). The van der Waals surface area contributed by atoms with Crippen molar-refractivity contribution in [2.24, 2.45) is 5.73 Å². The number of carbonyl (C=O) groups excluding carboxylic acids is 3. The van der Waals surface area contributed by atoms with Gasteiger partial charge >= 0.3 is 11.9 Å². The minimum Gasteiger partial charge on any atom is -0.481 e. The van der Waals surface area contributed by atoms with Gasteiger partial charge in [-0.2, -0.15) is 0 Å². The Morgan fingerprint density at radius 3 is 2.33 bits per heavy atom. The van der Waals surface area contributed by atoms with E-state index >= 15 is 0 Å². The van der Waals surface area contributed by atoms with Crippen LogP contribution in [0.1, 0.15) is 44.9 Å². The number of rotatable bonds is 12. The Hall–Kier alpha value is -2.69. The number of aliphatic carboxylic acids is 2. The molecule has 7 N–H and O–H groups in total. The van der Waals surface area contributed by atoms with E-state index in [1.54, 1.807) is 0 Å². The second-order valence-electron chi connectivity index (χ2n) is 6.34. The van der Waals surface area contributed by atoms with E-state index in [-0.39, 0.29) is 38.0 Å². The summed E-state index contributed by atoms with van der Waals surface area (Å²) in [5, 5.41) is 25.2. The first kappa shape index (κ1) is 22.4. The fourth-order valence-electron chi connectivity index (χ4n) is 2.64. The maximum absolute atomic E-state index is 12.4. The molecule has 0 saturated carbocycles. The second kappa shape index (κ2) is 11.1. The Morgan fingerprint density at radius 1 is 1.11 bits per heavy atom. The number of hydrogen-bond acceptors (Lipinski definition) is 6. The minimum absolute atomic E-state index is 0.163. The minimum atomic E-state index is -1.23. The van der Waals surface area contributed by atoms with Crippen LogP contribution in [-0.4, -0.2) is 64.5 Å². The SMILES string of the molecule is NCCCCC(NC(=O)C(CCC(=O)O)NC(=O)C1CCC(=O)N1)C(=O)O. The van der Waals surface area contributed by atoms with Crippen LogP contribution in [0.25, 0.3) is 0 Å². The summed E-state index contributed by atoms with van der Waals surface area (Å²) in [5.41, 5.74) is 5.36. The average Bonchev–Trinajstić information content (AvgIpc) is 3.03. The van der Waals surface area contributed by atoms with Crippen molar-refractivity contribution in [1.29, 1.82) is 0 Å².